The highest BCUT2D eigenvalue weighted by Crippen LogP contribution is 2.14. The minimum Gasteiger partial charge on any atom is -0.478 e. The van der Waals surface area contributed by atoms with Gasteiger partial charge in [-0.15, -0.1) is 0 Å². The zero-order valence-electron chi connectivity index (χ0n) is 11.3. The number of piperidine rings is 1. The third-order valence-corrected chi connectivity index (χ3v) is 2.90. The molecule has 1 aromatic heterocycles. The summed E-state index contributed by atoms with van der Waals surface area (Å²) >= 11 is 0. The van der Waals surface area contributed by atoms with E-state index in [9.17, 15) is 0 Å². The molecule has 2 rings (SSSR count). The third-order valence-electron chi connectivity index (χ3n) is 2.90. The Morgan fingerprint density at radius 1 is 1.28 bits per heavy atom. The van der Waals surface area contributed by atoms with Crippen molar-refractivity contribution in [2.24, 2.45) is 0 Å². The summed E-state index contributed by atoms with van der Waals surface area (Å²) < 4.78 is 5.56. The summed E-state index contributed by atoms with van der Waals surface area (Å²) in [5.74, 6) is 1.30. The first-order valence-electron chi connectivity index (χ1n) is 6.78. The fourth-order valence-electron chi connectivity index (χ4n) is 2.02. The van der Waals surface area contributed by atoms with Crippen LogP contribution in [-0.2, 0) is 0 Å². The average molecular weight is 250 g/mol. The zero-order chi connectivity index (χ0) is 12.8. The summed E-state index contributed by atoms with van der Waals surface area (Å²) in [4.78, 5) is 8.77. The molecular formula is C13H22N4O. The summed E-state index contributed by atoms with van der Waals surface area (Å²) in [6.45, 7) is 6.85. The molecule has 2 heterocycles. The van der Waals surface area contributed by atoms with Crippen LogP contribution in [0.25, 0.3) is 0 Å². The summed E-state index contributed by atoms with van der Waals surface area (Å²) in [7, 11) is 0. The predicted octanol–water partition coefficient (Wildman–Crippen LogP) is 2.39. The molecule has 0 bridgehead atoms. The average Bonchev–Trinajstić information content (AvgIpc) is 2.37. The van der Waals surface area contributed by atoms with Crippen LogP contribution < -0.4 is 10.2 Å². The van der Waals surface area contributed by atoms with Crippen molar-refractivity contribution < 1.29 is 4.74 Å². The molecule has 1 aliphatic heterocycles. The first-order chi connectivity index (χ1) is 8.78. The first-order valence-corrected chi connectivity index (χ1v) is 6.78. The quantitative estimate of drug-likeness (QED) is 0.869. The Kier molecular flexibility index (Phi) is 4.75. The van der Waals surface area contributed by atoms with Crippen molar-refractivity contribution in [3.8, 4) is 5.88 Å². The standard InChI is InChI=1S/C13H22N4O/c1-3-9-18-12-10-11(2)14-13(15-12)16-17-7-5-4-6-8-17/h10H,3-9H2,1-2H3,(H,14,15,16). The maximum absolute atomic E-state index is 5.56. The van der Waals surface area contributed by atoms with E-state index in [1.54, 1.807) is 0 Å². The molecule has 1 fully saturated rings. The van der Waals surface area contributed by atoms with E-state index in [0.717, 1.165) is 25.2 Å². The number of hydrazine groups is 1. The van der Waals surface area contributed by atoms with Gasteiger partial charge in [-0.1, -0.05) is 13.3 Å². The molecule has 0 spiro atoms. The molecule has 0 amide bonds. The second-order valence-electron chi connectivity index (χ2n) is 4.68. The fourth-order valence-corrected chi connectivity index (χ4v) is 2.02. The normalized spacial score (nSPS) is 16.6. The van der Waals surface area contributed by atoms with Crippen molar-refractivity contribution in [1.82, 2.24) is 15.0 Å². The number of hydrogen-bond donors (Lipinski definition) is 1. The van der Waals surface area contributed by atoms with E-state index in [4.69, 9.17) is 4.74 Å². The summed E-state index contributed by atoms with van der Waals surface area (Å²) in [5, 5.41) is 2.18. The number of hydrogen-bond acceptors (Lipinski definition) is 5. The Hall–Kier alpha value is -1.36. The summed E-state index contributed by atoms with van der Waals surface area (Å²) in [5.41, 5.74) is 4.20. The van der Waals surface area contributed by atoms with Gasteiger partial charge in [-0.3, -0.25) is 5.43 Å². The number of rotatable bonds is 5. The highest BCUT2D eigenvalue weighted by atomic mass is 16.5. The van der Waals surface area contributed by atoms with Crippen molar-refractivity contribution in [2.75, 3.05) is 25.1 Å². The Morgan fingerprint density at radius 3 is 2.78 bits per heavy atom. The minimum absolute atomic E-state index is 0.642. The lowest BCUT2D eigenvalue weighted by atomic mass is 10.2. The number of nitrogens with zero attached hydrogens (tertiary/aromatic N) is 3. The van der Waals surface area contributed by atoms with Gasteiger partial charge in [-0.05, 0) is 26.2 Å². The van der Waals surface area contributed by atoms with E-state index in [1.807, 2.05) is 13.0 Å². The molecule has 0 radical (unpaired) electrons. The van der Waals surface area contributed by atoms with Crippen molar-refractivity contribution in [3.05, 3.63) is 11.8 Å². The number of ether oxygens (including phenoxy) is 1. The molecule has 0 unspecified atom stereocenters. The van der Waals surface area contributed by atoms with Gasteiger partial charge in [0.2, 0.25) is 11.8 Å². The van der Waals surface area contributed by atoms with Crippen LogP contribution in [-0.4, -0.2) is 34.7 Å². The van der Waals surface area contributed by atoms with Gasteiger partial charge in [0, 0.05) is 24.8 Å². The van der Waals surface area contributed by atoms with Gasteiger partial charge in [0.25, 0.3) is 0 Å². The van der Waals surface area contributed by atoms with Crippen LogP contribution in [0.15, 0.2) is 6.07 Å². The SMILES string of the molecule is CCCOc1cc(C)nc(NN2CCCCC2)n1. The van der Waals surface area contributed by atoms with Gasteiger partial charge in [0.15, 0.2) is 0 Å². The predicted molar refractivity (Wildman–Crippen MR) is 71.6 cm³/mol. The van der Waals surface area contributed by atoms with E-state index in [0.29, 0.717) is 18.4 Å². The largest absolute Gasteiger partial charge is 0.478 e. The maximum Gasteiger partial charge on any atom is 0.241 e. The number of aryl methyl sites for hydroxylation is 1. The van der Waals surface area contributed by atoms with E-state index >= 15 is 0 Å². The van der Waals surface area contributed by atoms with Crippen LogP contribution in [0.3, 0.4) is 0 Å². The highest BCUT2D eigenvalue weighted by molar-refractivity contribution is 5.29. The number of aromatic nitrogens is 2. The number of anilines is 1. The Morgan fingerprint density at radius 2 is 2.06 bits per heavy atom. The molecule has 1 aliphatic rings. The van der Waals surface area contributed by atoms with E-state index in [1.165, 1.54) is 19.3 Å². The van der Waals surface area contributed by atoms with E-state index < -0.39 is 0 Å². The molecule has 100 valence electrons. The molecule has 18 heavy (non-hydrogen) atoms. The van der Waals surface area contributed by atoms with Gasteiger partial charge < -0.3 is 4.74 Å². The van der Waals surface area contributed by atoms with E-state index in [-0.39, 0.29) is 0 Å². The molecule has 1 aromatic rings. The summed E-state index contributed by atoms with van der Waals surface area (Å²) in [6.07, 6.45) is 4.77. The van der Waals surface area contributed by atoms with Crippen molar-refractivity contribution in [3.63, 3.8) is 0 Å². The van der Waals surface area contributed by atoms with E-state index in [2.05, 4.69) is 27.3 Å². The van der Waals surface area contributed by atoms with Crippen molar-refractivity contribution in [2.45, 2.75) is 39.5 Å². The minimum atomic E-state index is 0.642. The van der Waals surface area contributed by atoms with Gasteiger partial charge >= 0.3 is 0 Å². The lowest BCUT2D eigenvalue weighted by molar-refractivity contribution is 0.269. The summed E-state index contributed by atoms with van der Waals surface area (Å²) in [6, 6.07) is 1.87. The first kappa shape index (κ1) is 13.1. The Balaban J connectivity index is 1.99. The lowest BCUT2D eigenvalue weighted by Gasteiger charge is -2.26. The van der Waals surface area contributed by atoms with Crippen LogP contribution in [0, 0.1) is 6.92 Å². The Labute approximate surface area is 109 Å². The molecule has 0 atom stereocenters. The van der Waals surface area contributed by atoms with Crippen molar-refractivity contribution in [1.29, 1.82) is 0 Å². The van der Waals surface area contributed by atoms with Crippen LogP contribution in [0.1, 0.15) is 38.3 Å². The zero-order valence-corrected chi connectivity index (χ0v) is 11.3. The molecular weight excluding hydrogens is 228 g/mol. The van der Waals surface area contributed by atoms with Crippen LogP contribution in [0.5, 0.6) is 5.88 Å². The third kappa shape index (κ3) is 3.84. The van der Waals surface area contributed by atoms with Crippen LogP contribution in [0.2, 0.25) is 0 Å². The molecule has 0 saturated carbocycles. The Bertz CT molecular complexity index is 377. The molecule has 0 aromatic carbocycles. The van der Waals surface area contributed by atoms with Crippen molar-refractivity contribution >= 4 is 5.95 Å². The molecule has 1 saturated heterocycles. The van der Waals surface area contributed by atoms with Gasteiger partial charge in [0.05, 0.1) is 6.61 Å². The smallest absolute Gasteiger partial charge is 0.241 e. The van der Waals surface area contributed by atoms with Gasteiger partial charge in [-0.25, -0.2) is 9.99 Å². The fraction of sp³-hybridized carbons (Fsp3) is 0.692. The second kappa shape index (κ2) is 6.54. The molecule has 0 aliphatic carbocycles. The van der Waals surface area contributed by atoms with Gasteiger partial charge in [0.1, 0.15) is 0 Å². The number of nitrogens with one attached hydrogen (secondary N) is 1. The van der Waals surface area contributed by atoms with Gasteiger partial charge in [-0.2, -0.15) is 4.98 Å². The van der Waals surface area contributed by atoms with Crippen LogP contribution >= 0.6 is 0 Å². The topological polar surface area (TPSA) is 50.3 Å². The lowest BCUT2D eigenvalue weighted by Crippen LogP contribution is -2.35. The molecule has 5 heteroatoms. The highest BCUT2D eigenvalue weighted by Gasteiger charge is 2.11. The molecule has 5 nitrogen and oxygen atoms in total. The molecule has 1 N–H and O–H groups in total. The second-order valence-corrected chi connectivity index (χ2v) is 4.68. The monoisotopic (exact) mass is 250 g/mol. The maximum atomic E-state index is 5.56. The van der Waals surface area contributed by atoms with Crippen LogP contribution in [0.4, 0.5) is 5.95 Å².